The van der Waals surface area contributed by atoms with Crippen LogP contribution < -0.4 is 5.32 Å². The lowest BCUT2D eigenvalue weighted by Gasteiger charge is -2.16. The average molecular weight is 382 g/mol. The minimum Gasteiger partial charge on any atom is -0.480 e. The number of carbonyl (C=O) groups is 2. The van der Waals surface area contributed by atoms with Gasteiger partial charge in [0.1, 0.15) is 0 Å². The van der Waals surface area contributed by atoms with Crippen LogP contribution in [0.15, 0.2) is 24.3 Å². The molecule has 2 atom stereocenters. The Morgan fingerprint density at radius 3 is 2.00 bits per heavy atom. The highest BCUT2D eigenvalue weighted by molar-refractivity contribution is 5.83. The summed E-state index contributed by atoms with van der Waals surface area (Å²) in [5.74, 6) is -1.52. The SMILES string of the molecule is CCCCC/C=C/C/C=C/CCCCCCCC(=O)N[C@H](C(=O)O)[C@@H](C)O. The molecule has 0 aromatic heterocycles. The van der Waals surface area contributed by atoms with Gasteiger partial charge < -0.3 is 15.5 Å². The highest BCUT2D eigenvalue weighted by atomic mass is 16.4. The van der Waals surface area contributed by atoms with Gasteiger partial charge in [-0.2, -0.15) is 0 Å². The fraction of sp³-hybridized carbons (Fsp3) is 0.727. The summed E-state index contributed by atoms with van der Waals surface area (Å²) in [6.45, 7) is 3.58. The fourth-order valence-corrected chi connectivity index (χ4v) is 2.73. The summed E-state index contributed by atoms with van der Waals surface area (Å²) in [5, 5.41) is 20.6. The van der Waals surface area contributed by atoms with Crippen molar-refractivity contribution < 1.29 is 19.8 Å². The molecular formula is C22H39NO4. The van der Waals surface area contributed by atoms with Crippen molar-refractivity contribution in [3.63, 3.8) is 0 Å². The van der Waals surface area contributed by atoms with Gasteiger partial charge in [0.05, 0.1) is 6.10 Å². The lowest BCUT2D eigenvalue weighted by atomic mass is 10.1. The number of amides is 1. The number of carboxylic acid groups (broad SMARTS) is 1. The normalized spacial score (nSPS) is 13.9. The lowest BCUT2D eigenvalue weighted by molar-refractivity contribution is -0.144. The Bertz CT molecular complexity index is 444. The van der Waals surface area contributed by atoms with Crippen LogP contribution in [0.4, 0.5) is 0 Å². The number of aliphatic carboxylic acids is 1. The number of hydrogen-bond acceptors (Lipinski definition) is 3. The number of carboxylic acids is 1. The highest BCUT2D eigenvalue weighted by Gasteiger charge is 2.24. The molecule has 0 aromatic rings. The summed E-state index contributed by atoms with van der Waals surface area (Å²) in [6.07, 6.45) is 20.5. The van der Waals surface area contributed by atoms with Crippen molar-refractivity contribution in [2.24, 2.45) is 0 Å². The van der Waals surface area contributed by atoms with E-state index in [4.69, 9.17) is 5.11 Å². The zero-order valence-corrected chi connectivity index (χ0v) is 17.2. The van der Waals surface area contributed by atoms with Crippen LogP contribution in [-0.2, 0) is 9.59 Å². The molecule has 0 spiro atoms. The van der Waals surface area contributed by atoms with Crippen molar-refractivity contribution >= 4 is 11.9 Å². The van der Waals surface area contributed by atoms with Crippen LogP contribution >= 0.6 is 0 Å². The van der Waals surface area contributed by atoms with Crippen molar-refractivity contribution in [3.05, 3.63) is 24.3 Å². The van der Waals surface area contributed by atoms with Crippen LogP contribution in [0.1, 0.15) is 90.9 Å². The van der Waals surface area contributed by atoms with E-state index in [0.29, 0.717) is 6.42 Å². The third-order valence-corrected chi connectivity index (χ3v) is 4.42. The smallest absolute Gasteiger partial charge is 0.328 e. The van der Waals surface area contributed by atoms with E-state index in [1.807, 2.05) is 0 Å². The maximum atomic E-state index is 11.7. The van der Waals surface area contributed by atoms with Gasteiger partial charge in [0.2, 0.25) is 5.91 Å². The second-order valence-electron chi connectivity index (χ2n) is 7.10. The van der Waals surface area contributed by atoms with Crippen molar-refractivity contribution in [2.45, 2.75) is 103 Å². The quantitative estimate of drug-likeness (QED) is 0.251. The molecule has 0 saturated heterocycles. The fourth-order valence-electron chi connectivity index (χ4n) is 2.73. The van der Waals surface area contributed by atoms with Crippen molar-refractivity contribution in [1.82, 2.24) is 5.32 Å². The first-order chi connectivity index (χ1) is 13.0. The molecule has 156 valence electrons. The van der Waals surface area contributed by atoms with Crippen LogP contribution in [0.3, 0.4) is 0 Å². The van der Waals surface area contributed by atoms with E-state index >= 15 is 0 Å². The lowest BCUT2D eigenvalue weighted by Crippen LogP contribution is -2.47. The van der Waals surface area contributed by atoms with E-state index < -0.39 is 18.1 Å². The third kappa shape index (κ3) is 16.3. The Morgan fingerprint density at radius 2 is 1.44 bits per heavy atom. The first kappa shape index (κ1) is 25.4. The number of rotatable bonds is 17. The zero-order chi connectivity index (χ0) is 20.3. The molecule has 0 aliphatic heterocycles. The molecule has 0 fully saturated rings. The predicted molar refractivity (Wildman–Crippen MR) is 111 cm³/mol. The minimum atomic E-state index is -1.23. The Kier molecular flexibility index (Phi) is 16.7. The number of nitrogens with one attached hydrogen (secondary N) is 1. The van der Waals surface area contributed by atoms with Gasteiger partial charge in [0.25, 0.3) is 0 Å². The molecule has 0 unspecified atom stereocenters. The standard InChI is InChI=1S/C22H39NO4/c1-3-4-5-6-7-8-9-10-11-12-13-14-15-16-17-18-20(25)23-21(19(2)24)22(26)27/h7-8,10-11,19,21,24H,3-6,9,12-18H2,1-2H3,(H,23,25)(H,26,27)/b8-7+,11-10+/t19-,21+/m1/s1. The Morgan fingerprint density at radius 1 is 0.889 bits per heavy atom. The van der Waals surface area contributed by atoms with Gasteiger partial charge >= 0.3 is 5.97 Å². The second-order valence-corrected chi connectivity index (χ2v) is 7.10. The molecule has 5 nitrogen and oxygen atoms in total. The summed E-state index contributed by atoms with van der Waals surface area (Å²) in [4.78, 5) is 22.6. The first-order valence-electron chi connectivity index (χ1n) is 10.5. The molecule has 0 aliphatic rings. The topological polar surface area (TPSA) is 86.6 Å². The van der Waals surface area contributed by atoms with Gasteiger partial charge in [-0.05, 0) is 45.4 Å². The summed E-state index contributed by atoms with van der Waals surface area (Å²) in [6, 6.07) is -1.23. The van der Waals surface area contributed by atoms with Gasteiger partial charge in [-0.15, -0.1) is 0 Å². The zero-order valence-electron chi connectivity index (χ0n) is 17.2. The van der Waals surface area contributed by atoms with E-state index in [0.717, 1.165) is 44.9 Å². The third-order valence-electron chi connectivity index (χ3n) is 4.42. The van der Waals surface area contributed by atoms with Crippen LogP contribution in [-0.4, -0.2) is 34.2 Å². The molecule has 27 heavy (non-hydrogen) atoms. The van der Waals surface area contributed by atoms with Crippen molar-refractivity contribution in [1.29, 1.82) is 0 Å². The van der Waals surface area contributed by atoms with Gasteiger partial charge in [-0.3, -0.25) is 4.79 Å². The van der Waals surface area contributed by atoms with E-state index in [-0.39, 0.29) is 5.91 Å². The molecule has 0 bridgehead atoms. The van der Waals surface area contributed by atoms with Crippen LogP contribution in [0.25, 0.3) is 0 Å². The molecule has 0 aromatic carbocycles. The van der Waals surface area contributed by atoms with E-state index in [1.165, 1.54) is 32.6 Å². The number of aliphatic hydroxyl groups excluding tert-OH is 1. The van der Waals surface area contributed by atoms with E-state index in [1.54, 1.807) is 0 Å². The molecule has 0 heterocycles. The summed E-state index contributed by atoms with van der Waals surface area (Å²) >= 11 is 0. The van der Waals surface area contributed by atoms with Gasteiger partial charge in [0.15, 0.2) is 6.04 Å². The minimum absolute atomic E-state index is 0.307. The maximum absolute atomic E-state index is 11.7. The summed E-state index contributed by atoms with van der Waals surface area (Å²) in [7, 11) is 0. The molecule has 3 N–H and O–H groups in total. The van der Waals surface area contributed by atoms with E-state index in [9.17, 15) is 14.7 Å². The molecule has 1 amide bonds. The number of carbonyl (C=O) groups excluding carboxylic acids is 1. The van der Waals surface area contributed by atoms with E-state index in [2.05, 4.69) is 36.5 Å². The monoisotopic (exact) mass is 381 g/mol. The maximum Gasteiger partial charge on any atom is 0.328 e. The van der Waals surface area contributed by atoms with Crippen LogP contribution in [0.5, 0.6) is 0 Å². The Balaban J connectivity index is 3.52. The van der Waals surface area contributed by atoms with Crippen LogP contribution in [0.2, 0.25) is 0 Å². The second kappa shape index (κ2) is 17.8. The first-order valence-corrected chi connectivity index (χ1v) is 10.5. The molecular weight excluding hydrogens is 342 g/mol. The predicted octanol–water partition coefficient (Wildman–Crippen LogP) is 4.75. The number of hydrogen-bond donors (Lipinski definition) is 3. The Hall–Kier alpha value is -1.62. The summed E-state index contributed by atoms with van der Waals surface area (Å²) < 4.78 is 0. The van der Waals surface area contributed by atoms with Crippen LogP contribution in [0, 0.1) is 0 Å². The largest absolute Gasteiger partial charge is 0.480 e. The molecule has 0 aliphatic carbocycles. The number of aliphatic hydroxyl groups is 1. The Labute approximate surface area is 164 Å². The van der Waals surface area contributed by atoms with Gasteiger partial charge in [-0.25, -0.2) is 4.79 Å². The summed E-state index contributed by atoms with van der Waals surface area (Å²) in [5.41, 5.74) is 0. The molecule has 0 saturated carbocycles. The van der Waals surface area contributed by atoms with Gasteiger partial charge in [-0.1, -0.05) is 63.3 Å². The van der Waals surface area contributed by atoms with Gasteiger partial charge in [0, 0.05) is 6.42 Å². The highest BCUT2D eigenvalue weighted by Crippen LogP contribution is 2.08. The number of unbranched alkanes of at least 4 members (excludes halogenated alkanes) is 8. The van der Waals surface area contributed by atoms with Crippen molar-refractivity contribution in [3.8, 4) is 0 Å². The molecule has 0 radical (unpaired) electrons. The molecule has 0 rings (SSSR count). The van der Waals surface area contributed by atoms with Crippen molar-refractivity contribution in [2.75, 3.05) is 0 Å². The molecule has 5 heteroatoms. The average Bonchev–Trinajstić information content (AvgIpc) is 2.62. The number of allylic oxidation sites excluding steroid dienone is 4.